The fraction of sp³-hybridized carbons (Fsp3) is 0.846. The maximum Gasteiger partial charge on any atom is 0.0218 e. The summed E-state index contributed by atoms with van der Waals surface area (Å²) in [4.78, 5) is 2.66. The minimum atomic E-state index is 0.707. The van der Waals surface area contributed by atoms with Crippen LogP contribution in [0.4, 0.5) is 0 Å². The van der Waals surface area contributed by atoms with Gasteiger partial charge in [0.1, 0.15) is 0 Å². The first kappa shape index (κ1) is 12.7. The second-order valence-electron chi connectivity index (χ2n) is 4.43. The van der Waals surface area contributed by atoms with E-state index < -0.39 is 0 Å². The summed E-state index contributed by atoms with van der Waals surface area (Å²) in [5.41, 5.74) is 0. The maximum absolute atomic E-state index is 3.63. The summed E-state index contributed by atoms with van der Waals surface area (Å²) in [5, 5.41) is 3.63. The van der Waals surface area contributed by atoms with E-state index in [9.17, 15) is 0 Å². The number of nitrogens with zero attached hydrogens (tertiary/aromatic N) is 1. The van der Waals surface area contributed by atoms with Crippen molar-refractivity contribution >= 4 is 0 Å². The zero-order valence-corrected chi connectivity index (χ0v) is 10.5. The van der Waals surface area contributed by atoms with Crippen LogP contribution in [-0.4, -0.2) is 36.6 Å². The fourth-order valence-electron chi connectivity index (χ4n) is 2.29. The average molecular weight is 210 g/mol. The minimum Gasteiger partial charge on any atom is -0.311 e. The van der Waals surface area contributed by atoms with E-state index in [1.54, 1.807) is 0 Å². The maximum atomic E-state index is 3.63. The van der Waals surface area contributed by atoms with Crippen LogP contribution in [0.2, 0.25) is 0 Å². The molecule has 0 aromatic heterocycles. The lowest BCUT2D eigenvalue weighted by atomic mass is 10.0. The Morgan fingerprint density at radius 3 is 2.73 bits per heavy atom. The van der Waals surface area contributed by atoms with E-state index in [0.29, 0.717) is 6.04 Å². The first-order valence-corrected chi connectivity index (χ1v) is 6.40. The van der Waals surface area contributed by atoms with Crippen molar-refractivity contribution in [3.8, 4) is 0 Å². The molecule has 1 aliphatic heterocycles. The number of nitrogens with one attached hydrogen (secondary N) is 1. The third kappa shape index (κ3) is 3.96. The quantitative estimate of drug-likeness (QED) is 0.701. The summed E-state index contributed by atoms with van der Waals surface area (Å²) in [7, 11) is 0. The standard InChI is InChI=1S/C13H26N2/c1-4-7-8-9-15-11-12(5-2)14-10-13(15)6-3/h4,7,12-14H,5-6,8-11H2,1-3H3/b7-4+. The van der Waals surface area contributed by atoms with Gasteiger partial charge in [-0.3, -0.25) is 4.90 Å². The summed E-state index contributed by atoms with van der Waals surface area (Å²) in [6, 6.07) is 1.46. The van der Waals surface area contributed by atoms with Crippen molar-refractivity contribution in [2.75, 3.05) is 19.6 Å². The van der Waals surface area contributed by atoms with Gasteiger partial charge in [0.15, 0.2) is 0 Å². The van der Waals surface area contributed by atoms with Gasteiger partial charge >= 0.3 is 0 Å². The molecule has 2 nitrogen and oxygen atoms in total. The smallest absolute Gasteiger partial charge is 0.0218 e. The van der Waals surface area contributed by atoms with E-state index in [4.69, 9.17) is 0 Å². The van der Waals surface area contributed by atoms with Gasteiger partial charge in [-0.1, -0.05) is 26.0 Å². The summed E-state index contributed by atoms with van der Waals surface area (Å²) in [6.45, 7) is 10.3. The zero-order valence-electron chi connectivity index (χ0n) is 10.5. The third-order valence-electron chi connectivity index (χ3n) is 3.40. The number of hydrogen-bond acceptors (Lipinski definition) is 2. The summed E-state index contributed by atoms with van der Waals surface area (Å²) >= 11 is 0. The Bertz CT molecular complexity index is 189. The molecule has 0 amide bonds. The number of piperazine rings is 1. The molecule has 0 aromatic rings. The van der Waals surface area contributed by atoms with Crippen molar-refractivity contribution in [2.24, 2.45) is 0 Å². The minimum absolute atomic E-state index is 0.707. The monoisotopic (exact) mass is 210 g/mol. The van der Waals surface area contributed by atoms with Gasteiger partial charge in [-0.25, -0.2) is 0 Å². The van der Waals surface area contributed by atoms with Crippen molar-refractivity contribution in [3.05, 3.63) is 12.2 Å². The third-order valence-corrected chi connectivity index (χ3v) is 3.40. The van der Waals surface area contributed by atoms with Gasteiger partial charge in [0, 0.05) is 31.7 Å². The largest absolute Gasteiger partial charge is 0.311 e. The first-order valence-electron chi connectivity index (χ1n) is 6.40. The molecule has 2 unspecified atom stereocenters. The normalized spacial score (nSPS) is 28.7. The van der Waals surface area contributed by atoms with Crippen LogP contribution in [0.3, 0.4) is 0 Å². The molecular formula is C13H26N2. The average Bonchev–Trinajstić information content (AvgIpc) is 2.29. The molecule has 0 radical (unpaired) electrons. The van der Waals surface area contributed by atoms with Crippen molar-refractivity contribution in [1.82, 2.24) is 10.2 Å². The fourth-order valence-corrected chi connectivity index (χ4v) is 2.29. The SMILES string of the molecule is C/C=C/CCN1CC(CC)NCC1CC. The lowest BCUT2D eigenvalue weighted by Gasteiger charge is -2.39. The number of hydrogen-bond donors (Lipinski definition) is 1. The van der Waals surface area contributed by atoms with Crippen LogP contribution in [0.15, 0.2) is 12.2 Å². The Morgan fingerprint density at radius 2 is 2.13 bits per heavy atom. The van der Waals surface area contributed by atoms with Crippen LogP contribution in [0.5, 0.6) is 0 Å². The summed E-state index contributed by atoms with van der Waals surface area (Å²) in [6.07, 6.45) is 8.13. The Morgan fingerprint density at radius 1 is 1.33 bits per heavy atom. The number of allylic oxidation sites excluding steroid dienone is 1. The highest BCUT2D eigenvalue weighted by atomic mass is 15.2. The van der Waals surface area contributed by atoms with E-state index in [1.807, 2.05) is 0 Å². The van der Waals surface area contributed by atoms with Crippen LogP contribution in [0.25, 0.3) is 0 Å². The summed E-state index contributed by atoms with van der Waals surface area (Å²) in [5.74, 6) is 0. The second-order valence-corrected chi connectivity index (χ2v) is 4.43. The molecule has 1 N–H and O–H groups in total. The molecule has 0 saturated carbocycles. The lowest BCUT2D eigenvalue weighted by Crippen LogP contribution is -2.56. The number of rotatable bonds is 5. The molecule has 0 aromatic carbocycles. The van der Waals surface area contributed by atoms with Crippen LogP contribution in [0, 0.1) is 0 Å². The van der Waals surface area contributed by atoms with Crippen molar-refractivity contribution in [3.63, 3.8) is 0 Å². The van der Waals surface area contributed by atoms with E-state index in [-0.39, 0.29) is 0 Å². The van der Waals surface area contributed by atoms with E-state index >= 15 is 0 Å². The molecule has 1 heterocycles. The van der Waals surface area contributed by atoms with Crippen molar-refractivity contribution in [2.45, 2.75) is 52.1 Å². The molecule has 0 spiro atoms. The Balaban J connectivity index is 2.40. The lowest BCUT2D eigenvalue weighted by molar-refractivity contribution is 0.127. The highest BCUT2D eigenvalue weighted by molar-refractivity contribution is 4.87. The Labute approximate surface area is 94.7 Å². The van der Waals surface area contributed by atoms with Crippen LogP contribution < -0.4 is 5.32 Å². The van der Waals surface area contributed by atoms with Gasteiger partial charge in [-0.05, 0) is 26.2 Å². The second kappa shape index (κ2) is 7.02. The van der Waals surface area contributed by atoms with Gasteiger partial charge in [-0.2, -0.15) is 0 Å². The molecule has 88 valence electrons. The molecular weight excluding hydrogens is 184 g/mol. The molecule has 0 aliphatic carbocycles. The van der Waals surface area contributed by atoms with Crippen molar-refractivity contribution in [1.29, 1.82) is 0 Å². The zero-order chi connectivity index (χ0) is 11.1. The van der Waals surface area contributed by atoms with Crippen LogP contribution in [0.1, 0.15) is 40.0 Å². The van der Waals surface area contributed by atoms with E-state index in [2.05, 4.69) is 43.1 Å². The Kier molecular flexibility index (Phi) is 5.96. The molecule has 15 heavy (non-hydrogen) atoms. The van der Waals surface area contributed by atoms with Gasteiger partial charge in [0.05, 0.1) is 0 Å². The predicted octanol–water partition coefficient (Wildman–Crippen LogP) is 2.42. The molecule has 1 fully saturated rings. The molecule has 0 bridgehead atoms. The molecule has 2 atom stereocenters. The van der Waals surface area contributed by atoms with Gasteiger partial charge in [0.25, 0.3) is 0 Å². The molecule has 1 rings (SSSR count). The highest BCUT2D eigenvalue weighted by Crippen LogP contribution is 2.12. The highest BCUT2D eigenvalue weighted by Gasteiger charge is 2.24. The molecule has 1 saturated heterocycles. The summed E-state index contributed by atoms with van der Waals surface area (Å²) < 4.78 is 0. The predicted molar refractivity (Wildman–Crippen MR) is 67.2 cm³/mol. The Hall–Kier alpha value is -0.340. The van der Waals surface area contributed by atoms with Gasteiger partial charge in [-0.15, -0.1) is 0 Å². The first-order chi connectivity index (χ1) is 7.31. The molecule has 2 heteroatoms. The van der Waals surface area contributed by atoms with Crippen molar-refractivity contribution < 1.29 is 0 Å². The van der Waals surface area contributed by atoms with E-state index in [0.717, 1.165) is 6.04 Å². The van der Waals surface area contributed by atoms with E-state index in [1.165, 1.54) is 38.9 Å². The van der Waals surface area contributed by atoms with Gasteiger partial charge in [0.2, 0.25) is 0 Å². The van der Waals surface area contributed by atoms with Gasteiger partial charge < -0.3 is 5.32 Å². The topological polar surface area (TPSA) is 15.3 Å². The van der Waals surface area contributed by atoms with Crippen LogP contribution >= 0.6 is 0 Å². The van der Waals surface area contributed by atoms with Crippen LogP contribution in [-0.2, 0) is 0 Å². The molecule has 1 aliphatic rings.